The van der Waals surface area contributed by atoms with E-state index in [4.69, 9.17) is 4.74 Å². The van der Waals surface area contributed by atoms with Crippen LogP contribution in [0.3, 0.4) is 0 Å². The van der Waals surface area contributed by atoms with Gasteiger partial charge in [0.05, 0.1) is 7.11 Å². The number of ether oxygens (including phenoxy) is 1. The van der Waals surface area contributed by atoms with Crippen molar-refractivity contribution in [2.75, 3.05) is 13.7 Å². The fourth-order valence-corrected chi connectivity index (χ4v) is 2.73. The molecule has 0 spiro atoms. The van der Waals surface area contributed by atoms with Crippen LogP contribution in [-0.2, 0) is 9.53 Å². The lowest BCUT2D eigenvalue weighted by Gasteiger charge is -2.38. The highest BCUT2D eigenvalue weighted by molar-refractivity contribution is 5.75. The number of piperidine rings is 1. The maximum absolute atomic E-state index is 11.8. The van der Waals surface area contributed by atoms with Gasteiger partial charge in [0, 0.05) is 6.04 Å². The zero-order valence-electron chi connectivity index (χ0n) is 11.1. The molecule has 0 bridgehead atoms. The Morgan fingerprint density at radius 1 is 1.33 bits per heavy atom. The summed E-state index contributed by atoms with van der Waals surface area (Å²) >= 11 is 0. The molecule has 1 aliphatic heterocycles. The number of methoxy groups -OCH3 is 1. The highest BCUT2D eigenvalue weighted by Gasteiger charge is 2.32. The molecule has 98 valence electrons. The van der Waals surface area contributed by atoms with Gasteiger partial charge in [-0.25, -0.2) is 0 Å². The van der Waals surface area contributed by atoms with Crippen molar-refractivity contribution < 1.29 is 9.53 Å². The first-order valence-corrected chi connectivity index (χ1v) is 6.62. The monoisotopic (exact) mass is 247 g/mol. The zero-order chi connectivity index (χ0) is 13.0. The van der Waals surface area contributed by atoms with E-state index in [0.29, 0.717) is 0 Å². The average Bonchev–Trinajstić information content (AvgIpc) is 2.46. The Labute approximate surface area is 109 Å². The Kier molecular flexibility index (Phi) is 4.37. The van der Waals surface area contributed by atoms with Gasteiger partial charge in [0.1, 0.15) is 6.04 Å². The van der Waals surface area contributed by atoms with Crippen LogP contribution >= 0.6 is 0 Å². The van der Waals surface area contributed by atoms with Gasteiger partial charge in [-0.1, -0.05) is 36.8 Å². The molecule has 3 nitrogen and oxygen atoms in total. The second-order valence-corrected chi connectivity index (χ2v) is 4.86. The minimum atomic E-state index is -0.0996. The predicted octanol–water partition coefficient (Wildman–Crippen LogP) is 2.78. The van der Waals surface area contributed by atoms with Crippen molar-refractivity contribution in [1.29, 1.82) is 0 Å². The van der Waals surface area contributed by atoms with E-state index >= 15 is 0 Å². The van der Waals surface area contributed by atoms with Crippen molar-refractivity contribution in [2.45, 2.75) is 38.3 Å². The van der Waals surface area contributed by atoms with E-state index in [9.17, 15) is 4.79 Å². The van der Waals surface area contributed by atoms with Crippen LogP contribution in [0.25, 0.3) is 0 Å². The van der Waals surface area contributed by atoms with Gasteiger partial charge in [0.25, 0.3) is 0 Å². The first kappa shape index (κ1) is 13.1. The average molecular weight is 247 g/mol. The number of benzene rings is 1. The number of carbonyl (C=O) groups is 1. The molecular formula is C15H21NO2. The van der Waals surface area contributed by atoms with Crippen LogP contribution in [0.1, 0.15) is 37.8 Å². The van der Waals surface area contributed by atoms with Gasteiger partial charge in [0.15, 0.2) is 0 Å². The minimum absolute atomic E-state index is 0.0843. The molecule has 2 rings (SSSR count). The highest BCUT2D eigenvalue weighted by Crippen LogP contribution is 2.28. The predicted molar refractivity (Wildman–Crippen MR) is 71.2 cm³/mol. The molecule has 3 heteroatoms. The van der Waals surface area contributed by atoms with Gasteiger partial charge in [-0.15, -0.1) is 0 Å². The van der Waals surface area contributed by atoms with Crippen LogP contribution in [-0.4, -0.2) is 30.6 Å². The minimum Gasteiger partial charge on any atom is -0.468 e. The third-order valence-electron chi connectivity index (χ3n) is 3.80. The molecule has 0 saturated carbocycles. The number of carbonyl (C=O) groups excluding carboxylic acids is 1. The maximum Gasteiger partial charge on any atom is 0.323 e. The van der Waals surface area contributed by atoms with Gasteiger partial charge >= 0.3 is 5.97 Å². The summed E-state index contributed by atoms with van der Waals surface area (Å²) in [5.41, 5.74) is 1.26. The highest BCUT2D eigenvalue weighted by atomic mass is 16.5. The van der Waals surface area contributed by atoms with E-state index in [-0.39, 0.29) is 18.1 Å². The fourth-order valence-electron chi connectivity index (χ4n) is 2.73. The summed E-state index contributed by atoms with van der Waals surface area (Å²) in [4.78, 5) is 14.1. The summed E-state index contributed by atoms with van der Waals surface area (Å²) in [6.07, 6.45) is 3.17. The molecular weight excluding hydrogens is 226 g/mol. The summed E-state index contributed by atoms with van der Waals surface area (Å²) in [7, 11) is 1.47. The van der Waals surface area contributed by atoms with Gasteiger partial charge in [-0.3, -0.25) is 9.69 Å². The summed E-state index contributed by atoms with van der Waals surface area (Å²) in [6, 6.07) is 10.5. The second-order valence-electron chi connectivity index (χ2n) is 4.86. The van der Waals surface area contributed by atoms with Crippen molar-refractivity contribution in [3.05, 3.63) is 35.9 Å². The summed E-state index contributed by atoms with van der Waals surface area (Å²) in [5, 5.41) is 0. The van der Waals surface area contributed by atoms with Crippen LogP contribution in [0.2, 0.25) is 0 Å². The van der Waals surface area contributed by atoms with E-state index < -0.39 is 0 Å². The van der Waals surface area contributed by atoms with Gasteiger partial charge in [0.2, 0.25) is 0 Å². The van der Waals surface area contributed by atoms with E-state index in [1.54, 1.807) is 0 Å². The molecule has 18 heavy (non-hydrogen) atoms. The molecule has 1 aromatic rings. The number of hydrogen-bond acceptors (Lipinski definition) is 3. The van der Waals surface area contributed by atoms with Crippen molar-refractivity contribution in [1.82, 2.24) is 4.90 Å². The Hall–Kier alpha value is -1.35. The number of nitrogens with zero attached hydrogens (tertiary/aromatic N) is 1. The Bertz CT molecular complexity index is 391. The van der Waals surface area contributed by atoms with Crippen LogP contribution in [0.4, 0.5) is 0 Å². The van der Waals surface area contributed by atoms with E-state index in [1.807, 2.05) is 18.2 Å². The number of esters is 1. The van der Waals surface area contributed by atoms with Gasteiger partial charge < -0.3 is 4.74 Å². The molecule has 1 unspecified atom stereocenters. The molecule has 0 aliphatic carbocycles. The van der Waals surface area contributed by atoms with E-state index in [1.165, 1.54) is 12.7 Å². The first-order chi connectivity index (χ1) is 8.74. The largest absolute Gasteiger partial charge is 0.468 e. The number of likely N-dealkylation sites (tertiary alicyclic amines) is 1. The molecule has 0 radical (unpaired) electrons. The van der Waals surface area contributed by atoms with Crippen LogP contribution < -0.4 is 0 Å². The van der Waals surface area contributed by atoms with Crippen LogP contribution in [0, 0.1) is 0 Å². The van der Waals surface area contributed by atoms with Crippen molar-refractivity contribution in [3.63, 3.8) is 0 Å². The number of hydrogen-bond donors (Lipinski definition) is 0. The molecule has 1 aromatic carbocycles. The van der Waals surface area contributed by atoms with E-state index in [2.05, 4.69) is 24.0 Å². The molecule has 1 aliphatic rings. The van der Waals surface area contributed by atoms with Crippen molar-refractivity contribution in [2.24, 2.45) is 0 Å². The summed E-state index contributed by atoms with van der Waals surface area (Å²) < 4.78 is 4.93. The number of rotatable bonds is 3. The first-order valence-electron chi connectivity index (χ1n) is 6.62. The van der Waals surface area contributed by atoms with Crippen LogP contribution in [0.15, 0.2) is 30.3 Å². The summed E-state index contributed by atoms with van der Waals surface area (Å²) in [5.74, 6) is -0.0996. The standard InChI is InChI=1S/C15H21NO2/c1-12(13-8-4-3-5-9-13)16-11-7-6-10-14(16)15(17)18-2/h3-5,8-9,12,14H,6-7,10-11H2,1-2H3/t12?,14-/m1/s1. The Morgan fingerprint density at radius 3 is 2.72 bits per heavy atom. The molecule has 2 atom stereocenters. The normalized spacial score (nSPS) is 22.4. The fraction of sp³-hybridized carbons (Fsp3) is 0.533. The topological polar surface area (TPSA) is 29.5 Å². The molecule has 0 N–H and O–H groups in total. The van der Waals surface area contributed by atoms with Gasteiger partial charge in [-0.2, -0.15) is 0 Å². The Balaban J connectivity index is 2.16. The van der Waals surface area contributed by atoms with Crippen molar-refractivity contribution in [3.8, 4) is 0 Å². The lowest BCUT2D eigenvalue weighted by molar-refractivity contribution is -0.149. The Morgan fingerprint density at radius 2 is 2.06 bits per heavy atom. The molecule has 1 saturated heterocycles. The second kappa shape index (κ2) is 6.01. The van der Waals surface area contributed by atoms with Gasteiger partial charge in [-0.05, 0) is 31.9 Å². The smallest absolute Gasteiger partial charge is 0.323 e. The molecule has 1 fully saturated rings. The molecule has 0 amide bonds. The van der Waals surface area contributed by atoms with Crippen molar-refractivity contribution >= 4 is 5.97 Å². The third kappa shape index (κ3) is 2.72. The SMILES string of the molecule is COC(=O)[C@H]1CCCCN1C(C)c1ccccc1. The quantitative estimate of drug-likeness (QED) is 0.769. The summed E-state index contributed by atoms with van der Waals surface area (Å²) in [6.45, 7) is 3.13. The van der Waals surface area contributed by atoms with Crippen LogP contribution in [0.5, 0.6) is 0 Å². The maximum atomic E-state index is 11.8. The van der Waals surface area contributed by atoms with E-state index in [0.717, 1.165) is 25.8 Å². The lowest BCUT2D eigenvalue weighted by atomic mass is 9.97. The molecule has 0 aromatic heterocycles. The zero-order valence-corrected chi connectivity index (χ0v) is 11.1. The lowest BCUT2D eigenvalue weighted by Crippen LogP contribution is -2.46. The molecule has 1 heterocycles. The third-order valence-corrected chi connectivity index (χ3v) is 3.80.